The fourth-order valence-corrected chi connectivity index (χ4v) is 0.674. The first-order chi connectivity index (χ1) is 7.06. The van der Waals surface area contributed by atoms with E-state index < -0.39 is 24.8 Å². The molecule has 0 aliphatic rings. The van der Waals surface area contributed by atoms with Gasteiger partial charge in [-0.3, -0.25) is 9.59 Å². The zero-order valence-corrected chi connectivity index (χ0v) is 8.09. The van der Waals surface area contributed by atoms with Crippen LogP contribution in [0.2, 0.25) is 0 Å². The van der Waals surface area contributed by atoms with E-state index in [2.05, 4.69) is 9.47 Å². The molecule has 0 aliphatic carbocycles. The van der Waals surface area contributed by atoms with Gasteiger partial charge in [0.2, 0.25) is 0 Å². The first kappa shape index (κ1) is 13.8. The van der Waals surface area contributed by atoms with Crippen LogP contribution in [0.25, 0.3) is 0 Å². The highest BCUT2D eigenvalue weighted by Crippen LogP contribution is 1.93. The molecule has 0 amide bonds. The first-order valence-corrected chi connectivity index (χ1v) is 4.34. The molecule has 0 saturated carbocycles. The van der Waals surface area contributed by atoms with E-state index in [1.165, 1.54) is 0 Å². The number of carboxylic acids is 1. The Bertz CT molecular complexity index is 203. The Morgan fingerprint density at radius 1 is 1.20 bits per heavy atom. The number of carboxylic acid groups (broad SMARTS) is 1. The molecule has 0 aliphatic heterocycles. The summed E-state index contributed by atoms with van der Waals surface area (Å²) in [5.74, 6) is -1.71. The van der Waals surface area contributed by atoms with Gasteiger partial charge in [-0.05, 0) is 0 Å². The van der Waals surface area contributed by atoms with Crippen molar-refractivity contribution in [2.24, 2.45) is 0 Å². The maximum Gasteiger partial charge on any atom is 0.306 e. The molecule has 3 N–H and O–H groups in total. The van der Waals surface area contributed by atoms with Crippen molar-refractivity contribution < 1.29 is 34.4 Å². The molecule has 0 aromatic carbocycles. The van der Waals surface area contributed by atoms with E-state index in [9.17, 15) is 9.59 Å². The molecular weight excluding hydrogens is 208 g/mol. The predicted octanol–water partition coefficient (Wildman–Crippen LogP) is -1.28. The van der Waals surface area contributed by atoms with Gasteiger partial charge >= 0.3 is 11.9 Å². The minimum absolute atomic E-state index is 0.0550. The van der Waals surface area contributed by atoms with Crippen LogP contribution in [0.1, 0.15) is 12.8 Å². The molecule has 1 unspecified atom stereocenters. The molecule has 0 heterocycles. The molecule has 0 fully saturated rings. The van der Waals surface area contributed by atoms with Crippen molar-refractivity contribution in [3.63, 3.8) is 0 Å². The number of aliphatic hydroxyl groups excluding tert-OH is 2. The molecule has 88 valence electrons. The average molecular weight is 222 g/mol. The van der Waals surface area contributed by atoms with E-state index in [0.29, 0.717) is 0 Å². The van der Waals surface area contributed by atoms with Crippen LogP contribution in [-0.2, 0) is 19.1 Å². The van der Waals surface area contributed by atoms with Gasteiger partial charge in [0.25, 0.3) is 0 Å². The Morgan fingerprint density at radius 3 is 2.40 bits per heavy atom. The molecule has 0 rings (SSSR count). The molecule has 1 atom stereocenters. The fraction of sp³-hybridized carbons (Fsp3) is 0.750. The van der Waals surface area contributed by atoms with Crippen LogP contribution in [0.5, 0.6) is 0 Å². The Labute approximate surface area is 86.2 Å². The van der Waals surface area contributed by atoms with Gasteiger partial charge in [0.15, 0.2) is 6.29 Å². The van der Waals surface area contributed by atoms with E-state index in [4.69, 9.17) is 15.3 Å². The van der Waals surface area contributed by atoms with E-state index in [-0.39, 0.29) is 26.1 Å². The minimum atomic E-state index is -1.29. The SMILES string of the molecule is O=C(O)CCC(=O)OCCOC(O)CO. The van der Waals surface area contributed by atoms with Crippen LogP contribution < -0.4 is 0 Å². The molecule has 0 aromatic rings. The van der Waals surface area contributed by atoms with E-state index in [0.717, 1.165) is 0 Å². The van der Waals surface area contributed by atoms with Gasteiger partial charge in [0, 0.05) is 0 Å². The van der Waals surface area contributed by atoms with Gasteiger partial charge in [0.1, 0.15) is 6.61 Å². The summed E-state index contributed by atoms with van der Waals surface area (Å²) in [5.41, 5.74) is 0. The summed E-state index contributed by atoms with van der Waals surface area (Å²) in [7, 11) is 0. The van der Waals surface area contributed by atoms with Gasteiger partial charge in [-0.2, -0.15) is 0 Å². The number of rotatable bonds is 8. The summed E-state index contributed by atoms with van der Waals surface area (Å²) in [5, 5.41) is 25.3. The summed E-state index contributed by atoms with van der Waals surface area (Å²) in [6.07, 6.45) is -1.76. The lowest BCUT2D eigenvalue weighted by Gasteiger charge is -2.08. The molecule has 0 saturated heterocycles. The number of esters is 1. The second-order valence-electron chi connectivity index (χ2n) is 2.62. The highest BCUT2D eigenvalue weighted by Gasteiger charge is 2.07. The Kier molecular flexibility index (Phi) is 7.51. The van der Waals surface area contributed by atoms with Crippen LogP contribution in [0.4, 0.5) is 0 Å². The lowest BCUT2D eigenvalue weighted by Crippen LogP contribution is -2.20. The lowest BCUT2D eigenvalue weighted by molar-refractivity contribution is -0.156. The Hall–Kier alpha value is -1.18. The molecular formula is C8H14O7. The van der Waals surface area contributed by atoms with Crippen molar-refractivity contribution in [1.82, 2.24) is 0 Å². The van der Waals surface area contributed by atoms with Gasteiger partial charge < -0.3 is 24.8 Å². The third kappa shape index (κ3) is 9.13. The third-order valence-corrected chi connectivity index (χ3v) is 1.36. The minimum Gasteiger partial charge on any atom is -0.481 e. The average Bonchev–Trinajstić information content (AvgIpc) is 2.21. The zero-order chi connectivity index (χ0) is 11.7. The van der Waals surface area contributed by atoms with Crippen molar-refractivity contribution in [3.05, 3.63) is 0 Å². The van der Waals surface area contributed by atoms with Crippen LogP contribution in [0, 0.1) is 0 Å². The summed E-state index contributed by atoms with van der Waals surface area (Å²) in [6.45, 7) is -0.678. The molecule has 0 radical (unpaired) electrons. The normalized spacial score (nSPS) is 12.1. The fourth-order valence-electron chi connectivity index (χ4n) is 0.674. The number of carbonyl (C=O) groups excluding carboxylic acids is 1. The smallest absolute Gasteiger partial charge is 0.306 e. The van der Waals surface area contributed by atoms with Crippen molar-refractivity contribution in [2.75, 3.05) is 19.8 Å². The summed E-state index contributed by atoms with van der Waals surface area (Å²) < 4.78 is 9.15. The Morgan fingerprint density at radius 2 is 1.87 bits per heavy atom. The number of hydrogen-bond acceptors (Lipinski definition) is 6. The summed E-state index contributed by atoms with van der Waals surface area (Å²) >= 11 is 0. The lowest BCUT2D eigenvalue weighted by atomic mass is 10.3. The van der Waals surface area contributed by atoms with Crippen molar-refractivity contribution in [1.29, 1.82) is 0 Å². The standard InChI is InChI=1S/C8H14O7/c9-5-8(13)15-4-3-14-7(12)2-1-6(10)11/h8-9,13H,1-5H2,(H,10,11). The van der Waals surface area contributed by atoms with Gasteiger partial charge in [0.05, 0.1) is 26.1 Å². The molecule has 7 heteroatoms. The predicted molar refractivity (Wildman–Crippen MR) is 46.9 cm³/mol. The quantitative estimate of drug-likeness (QED) is 0.266. The molecule has 0 aromatic heterocycles. The van der Waals surface area contributed by atoms with Gasteiger partial charge in [-0.15, -0.1) is 0 Å². The highest BCUT2D eigenvalue weighted by molar-refractivity contribution is 5.76. The summed E-state index contributed by atoms with van der Waals surface area (Å²) in [4.78, 5) is 20.9. The van der Waals surface area contributed by atoms with Crippen molar-refractivity contribution in [3.8, 4) is 0 Å². The van der Waals surface area contributed by atoms with Gasteiger partial charge in [-0.25, -0.2) is 0 Å². The molecule has 0 spiro atoms. The monoisotopic (exact) mass is 222 g/mol. The first-order valence-electron chi connectivity index (χ1n) is 4.34. The van der Waals surface area contributed by atoms with Gasteiger partial charge in [-0.1, -0.05) is 0 Å². The van der Waals surface area contributed by atoms with Crippen LogP contribution in [0.3, 0.4) is 0 Å². The maximum atomic E-state index is 10.8. The van der Waals surface area contributed by atoms with Crippen molar-refractivity contribution >= 4 is 11.9 Å². The largest absolute Gasteiger partial charge is 0.481 e. The van der Waals surface area contributed by atoms with Crippen LogP contribution in [0.15, 0.2) is 0 Å². The molecule has 15 heavy (non-hydrogen) atoms. The zero-order valence-electron chi connectivity index (χ0n) is 8.09. The second-order valence-corrected chi connectivity index (χ2v) is 2.62. The Balaban J connectivity index is 3.35. The van der Waals surface area contributed by atoms with E-state index >= 15 is 0 Å². The highest BCUT2D eigenvalue weighted by atomic mass is 16.6. The number of ether oxygens (including phenoxy) is 2. The molecule has 7 nitrogen and oxygen atoms in total. The number of hydrogen-bond donors (Lipinski definition) is 3. The van der Waals surface area contributed by atoms with Crippen molar-refractivity contribution in [2.45, 2.75) is 19.1 Å². The summed E-state index contributed by atoms with van der Waals surface area (Å²) in [6, 6.07) is 0. The topological polar surface area (TPSA) is 113 Å². The maximum absolute atomic E-state index is 10.8. The molecule has 0 bridgehead atoms. The van der Waals surface area contributed by atoms with E-state index in [1.54, 1.807) is 0 Å². The number of aliphatic hydroxyl groups is 2. The third-order valence-electron chi connectivity index (χ3n) is 1.36. The second kappa shape index (κ2) is 8.16. The van der Waals surface area contributed by atoms with E-state index in [1.807, 2.05) is 0 Å². The number of carbonyl (C=O) groups is 2. The van der Waals surface area contributed by atoms with Crippen LogP contribution in [-0.4, -0.2) is 53.4 Å². The van der Waals surface area contributed by atoms with Crippen LogP contribution >= 0.6 is 0 Å². The number of aliphatic carboxylic acids is 1.